The average molecular weight is 400 g/mol. The van der Waals surface area contributed by atoms with Crippen LogP contribution in [0.25, 0.3) is 21.8 Å². The van der Waals surface area contributed by atoms with Crippen LogP contribution in [0.2, 0.25) is 5.02 Å². The minimum atomic E-state index is -0.396. The minimum Gasteiger partial charge on any atom is -0.377 e. The van der Waals surface area contributed by atoms with Crippen molar-refractivity contribution < 1.29 is 4.39 Å². The normalized spacial score (nSPS) is 10.9. The lowest BCUT2D eigenvalue weighted by Gasteiger charge is -2.06. The van der Waals surface area contributed by atoms with Crippen molar-refractivity contribution in [3.63, 3.8) is 0 Å². The Morgan fingerprint density at radius 3 is 2.89 bits per heavy atom. The Labute approximate surface area is 164 Å². The summed E-state index contributed by atoms with van der Waals surface area (Å²) in [5.41, 5.74) is 3.93. The number of nitrogens with zero attached hydrogens (tertiary/aromatic N) is 4. The Morgan fingerprint density at radius 1 is 1.22 bits per heavy atom. The lowest BCUT2D eigenvalue weighted by atomic mass is 10.1. The molecule has 5 nitrogen and oxygen atoms in total. The first-order valence-electron chi connectivity index (χ1n) is 8.18. The Morgan fingerprint density at radius 2 is 2.11 bits per heavy atom. The fourth-order valence-corrected chi connectivity index (χ4v) is 3.64. The highest BCUT2D eigenvalue weighted by Crippen LogP contribution is 2.33. The highest BCUT2D eigenvalue weighted by Gasteiger charge is 2.13. The highest BCUT2D eigenvalue weighted by atomic mass is 35.5. The number of benzene rings is 1. The van der Waals surface area contributed by atoms with Crippen LogP contribution in [0.4, 0.5) is 10.1 Å². The maximum absolute atomic E-state index is 13.7. The number of nitrogens with one attached hydrogen (secondary N) is 1. The Bertz CT molecular complexity index is 1080. The van der Waals surface area contributed by atoms with Gasteiger partial charge in [-0.25, -0.2) is 9.37 Å². The van der Waals surface area contributed by atoms with E-state index in [0.717, 1.165) is 27.5 Å². The van der Waals surface area contributed by atoms with E-state index in [4.69, 9.17) is 11.6 Å². The number of anilines is 1. The van der Waals surface area contributed by atoms with Gasteiger partial charge in [0, 0.05) is 41.0 Å². The maximum Gasteiger partial charge on any atom is 0.164 e. The van der Waals surface area contributed by atoms with E-state index in [1.165, 1.54) is 6.20 Å². The summed E-state index contributed by atoms with van der Waals surface area (Å²) in [5.74, 6) is -0.396. The third-order valence-corrected chi connectivity index (χ3v) is 5.24. The zero-order valence-electron chi connectivity index (χ0n) is 14.4. The van der Waals surface area contributed by atoms with Gasteiger partial charge in [0.15, 0.2) is 5.82 Å². The van der Waals surface area contributed by atoms with Crippen molar-refractivity contribution in [3.05, 3.63) is 70.8 Å². The van der Waals surface area contributed by atoms with E-state index in [1.54, 1.807) is 34.5 Å². The molecule has 1 N–H and O–H groups in total. The van der Waals surface area contributed by atoms with Gasteiger partial charge in [-0.1, -0.05) is 17.7 Å². The van der Waals surface area contributed by atoms with E-state index in [1.807, 2.05) is 36.7 Å². The van der Waals surface area contributed by atoms with Gasteiger partial charge in [0.05, 0.1) is 29.8 Å². The predicted octanol–water partition coefficient (Wildman–Crippen LogP) is 5.01. The van der Waals surface area contributed by atoms with E-state index >= 15 is 0 Å². The first-order chi connectivity index (χ1) is 13.1. The number of hydrogen-bond acceptors (Lipinski definition) is 5. The third kappa shape index (κ3) is 3.70. The zero-order valence-corrected chi connectivity index (χ0v) is 15.9. The predicted molar refractivity (Wildman–Crippen MR) is 106 cm³/mol. The Balaban J connectivity index is 1.62. The summed E-state index contributed by atoms with van der Waals surface area (Å²) >= 11 is 8.01. The van der Waals surface area contributed by atoms with Gasteiger partial charge in [0.25, 0.3) is 0 Å². The monoisotopic (exact) mass is 399 g/mol. The van der Waals surface area contributed by atoms with Crippen molar-refractivity contribution >= 4 is 28.6 Å². The van der Waals surface area contributed by atoms with Gasteiger partial charge in [0.2, 0.25) is 0 Å². The van der Waals surface area contributed by atoms with Crippen LogP contribution in [-0.4, -0.2) is 19.7 Å². The summed E-state index contributed by atoms with van der Waals surface area (Å²) in [5, 5.41) is 11.1. The topological polar surface area (TPSA) is 55.6 Å². The summed E-state index contributed by atoms with van der Waals surface area (Å²) in [6, 6.07) is 9.37. The van der Waals surface area contributed by atoms with Crippen molar-refractivity contribution in [2.75, 3.05) is 5.32 Å². The molecule has 3 heterocycles. The second-order valence-corrected chi connectivity index (χ2v) is 7.19. The summed E-state index contributed by atoms with van der Waals surface area (Å²) in [6.07, 6.45) is 4.50. The molecular formula is C19H15ClFN5S. The molecule has 4 rings (SSSR count). The molecule has 0 aliphatic carbocycles. The molecule has 4 aromatic rings. The molecule has 8 heteroatoms. The number of rotatable bonds is 5. The molecule has 0 aliphatic rings. The Kier molecular flexibility index (Phi) is 4.87. The fraction of sp³-hybridized carbons (Fsp3) is 0.105. The molecule has 0 spiro atoms. The van der Waals surface area contributed by atoms with Gasteiger partial charge in [-0.05, 0) is 24.3 Å². The van der Waals surface area contributed by atoms with E-state index in [9.17, 15) is 4.39 Å². The first-order valence-corrected chi connectivity index (χ1v) is 9.43. The van der Waals surface area contributed by atoms with Gasteiger partial charge in [-0.15, -0.1) is 11.3 Å². The molecule has 0 saturated carbocycles. The molecule has 0 saturated heterocycles. The van der Waals surface area contributed by atoms with Crippen LogP contribution in [0, 0.1) is 5.82 Å². The summed E-state index contributed by atoms with van der Waals surface area (Å²) in [6.45, 7) is 0.387. The fourth-order valence-electron chi connectivity index (χ4n) is 2.79. The van der Waals surface area contributed by atoms with Crippen LogP contribution in [0.1, 0.15) is 5.69 Å². The number of pyridine rings is 1. The van der Waals surface area contributed by atoms with E-state index < -0.39 is 5.82 Å². The molecule has 0 amide bonds. The highest BCUT2D eigenvalue weighted by molar-refractivity contribution is 7.13. The molecule has 0 aliphatic heterocycles. The van der Waals surface area contributed by atoms with Crippen LogP contribution in [-0.2, 0) is 13.6 Å². The standard InChI is InChI=1S/C19H15ClFN5S/c1-26-18(9-13(25-26)10-24-17-4-5-22-11-16(17)21)14-8-12(2-3-15(14)20)19-23-6-7-27-19/h2-9,11H,10H2,1H3,(H,22,24). The number of hydrogen-bond donors (Lipinski definition) is 1. The molecule has 0 fully saturated rings. The van der Waals surface area contributed by atoms with E-state index in [2.05, 4.69) is 20.4 Å². The number of aromatic nitrogens is 4. The van der Waals surface area contributed by atoms with Gasteiger partial charge in [-0.3, -0.25) is 9.67 Å². The van der Waals surface area contributed by atoms with Crippen molar-refractivity contribution in [1.82, 2.24) is 19.7 Å². The molecule has 136 valence electrons. The van der Waals surface area contributed by atoms with Crippen molar-refractivity contribution in [2.24, 2.45) is 7.05 Å². The molecular weight excluding hydrogens is 385 g/mol. The molecule has 27 heavy (non-hydrogen) atoms. The Hall–Kier alpha value is -2.77. The number of thiazole rings is 1. The second kappa shape index (κ2) is 7.46. The second-order valence-electron chi connectivity index (χ2n) is 5.89. The van der Waals surface area contributed by atoms with Gasteiger partial charge < -0.3 is 5.32 Å². The summed E-state index contributed by atoms with van der Waals surface area (Å²) in [7, 11) is 1.86. The van der Waals surface area contributed by atoms with Crippen LogP contribution in [0.3, 0.4) is 0 Å². The molecule has 0 unspecified atom stereocenters. The first kappa shape index (κ1) is 17.6. The minimum absolute atomic E-state index is 0.387. The molecule has 0 radical (unpaired) electrons. The lowest BCUT2D eigenvalue weighted by Crippen LogP contribution is -2.03. The largest absolute Gasteiger partial charge is 0.377 e. The van der Waals surface area contributed by atoms with Crippen molar-refractivity contribution in [3.8, 4) is 21.8 Å². The molecule has 0 bridgehead atoms. The zero-order chi connectivity index (χ0) is 18.8. The van der Waals surface area contributed by atoms with Crippen molar-refractivity contribution in [1.29, 1.82) is 0 Å². The summed E-state index contributed by atoms with van der Waals surface area (Å²) in [4.78, 5) is 8.10. The quantitative estimate of drug-likeness (QED) is 0.512. The van der Waals surface area contributed by atoms with Crippen LogP contribution in [0.5, 0.6) is 0 Å². The average Bonchev–Trinajstić information content (AvgIpc) is 3.32. The molecule has 0 atom stereocenters. The number of aryl methyl sites for hydroxylation is 1. The van der Waals surface area contributed by atoms with E-state index in [0.29, 0.717) is 17.3 Å². The molecule has 1 aromatic carbocycles. The lowest BCUT2D eigenvalue weighted by molar-refractivity contribution is 0.623. The van der Waals surface area contributed by atoms with Crippen LogP contribution in [0.15, 0.2) is 54.3 Å². The van der Waals surface area contributed by atoms with Crippen molar-refractivity contribution in [2.45, 2.75) is 6.54 Å². The van der Waals surface area contributed by atoms with Gasteiger partial charge >= 0.3 is 0 Å². The van der Waals surface area contributed by atoms with Gasteiger partial charge in [0.1, 0.15) is 5.01 Å². The summed E-state index contributed by atoms with van der Waals surface area (Å²) < 4.78 is 15.5. The van der Waals surface area contributed by atoms with E-state index in [-0.39, 0.29) is 0 Å². The third-order valence-electron chi connectivity index (χ3n) is 4.08. The number of halogens is 2. The molecule has 3 aromatic heterocycles. The maximum atomic E-state index is 13.7. The smallest absolute Gasteiger partial charge is 0.164 e. The van der Waals surface area contributed by atoms with Crippen LogP contribution < -0.4 is 5.32 Å². The SMILES string of the molecule is Cn1nc(CNc2ccncc2F)cc1-c1cc(-c2nccs2)ccc1Cl. The van der Waals surface area contributed by atoms with Gasteiger partial charge in [-0.2, -0.15) is 5.10 Å². The van der Waals surface area contributed by atoms with Crippen LogP contribution >= 0.6 is 22.9 Å².